The molecule has 0 N–H and O–H groups in total. The van der Waals surface area contributed by atoms with Crippen LogP contribution in [0.25, 0.3) is 6.08 Å². The van der Waals surface area contributed by atoms with E-state index in [0.717, 1.165) is 12.0 Å². The lowest BCUT2D eigenvalue weighted by Gasteiger charge is -2.26. The predicted molar refractivity (Wildman–Crippen MR) is 150 cm³/mol. The molecule has 8 nitrogen and oxygen atoms in total. The van der Waals surface area contributed by atoms with Gasteiger partial charge in [-0.25, -0.2) is 9.79 Å². The van der Waals surface area contributed by atoms with Gasteiger partial charge in [-0.15, -0.1) is 6.42 Å². The number of hydrogen-bond donors (Lipinski definition) is 0. The molecule has 1 aliphatic rings. The molecule has 0 radical (unpaired) electrons. The van der Waals surface area contributed by atoms with E-state index in [4.69, 9.17) is 30.4 Å². The molecule has 2 aromatic carbocycles. The van der Waals surface area contributed by atoms with E-state index in [1.807, 2.05) is 37.3 Å². The highest BCUT2D eigenvalue weighted by Crippen LogP contribution is 2.37. The second kappa shape index (κ2) is 12.5. The van der Waals surface area contributed by atoms with Crippen LogP contribution in [0.2, 0.25) is 0 Å². The van der Waals surface area contributed by atoms with Gasteiger partial charge in [-0.3, -0.25) is 9.36 Å². The van der Waals surface area contributed by atoms with Gasteiger partial charge in [-0.05, 0) is 43.2 Å². The van der Waals surface area contributed by atoms with Crippen molar-refractivity contribution in [1.29, 1.82) is 0 Å². The van der Waals surface area contributed by atoms with E-state index < -0.39 is 12.0 Å². The molecule has 1 aliphatic heterocycles. The molecular weight excluding hydrogens is 516 g/mol. The fourth-order valence-electron chi connectivity index (χ4n) is 4.47. The number of carbonyl (C=O) groups is 1. The van der Waals surface area contributed by atoms with Crippen LogP contribution in [0.15, 0.2) is 63.5 Å². The van der Waals surface area contributed by atoms with Crippen molar-refractivity contribution in [3.8, 4) is 29.6 Å². The molecule has 0 saturated heterocycles. The van der Waals surface area contributed by atoms with E-state index >= 15 is 0 Å². The smallest absolute Gasteiger partial charge is 0.338 e. The molecule has 4 rings (SSSR count). The van der Waals surface area contributed by atoms with Crippen LogP contribution in [-0.4, -0.2) is 38.0 Å². The minimum Gasteiger partial charge on any atom is -0.496 e. The summed E-state index contributed by atoms with van der Waals surface area (Å²) in [6.07, 6.45) is 8.39. The molecule has 9 heteroatoms. The average molecular weight is 547 g/mol. The number of benzene rings is 2. The number of esters is 1. The Hall–Kier alpha value is -4.29. The minimum atomic E-state index is -0.755. The fourth-order valence-corrected chi connectivity index (χ4v) is 5.49. The Kier molecular flexibility index (Phi) is 8.89. The number of hydrogen-bond acceptors (Lipinski definition) is 8. The van der Waals surface area contributed by atoms with Crippen molar-refractivity contribution >= 4 is 23.4 Å². The van der Waals surface area contributed by atoms with Gasteiger partial charge in [0.25, 0.3) is 5.56 Å². The summed E-state index contributed by atoms with van der Waals surface area (Å²) in [6, 6.07) is 11.9. The maximum Gasteiger partial charge on any atom is 0.338 e. The summed E-state index contributed by atoms with van der Waals surface area (Å²) < 4.78 is 24.1. The van der Waals surface area contributed by atoms with Crippen molar-refractivity contribution in [2.45, 2.75) is 32.7 Å². The van der Waals surface area contributed by atoms with Crippen LogP contribution >= 0.6 is 11.3 Å². The lowest BCUT2D eigenvalue weighted by Crippen LogP contribution is -2.40. The molecule has 1 atom stereocenters. The lowest BCUT2D eigenvalue weighted by molar-refractivity contribution is -0.139. The number of ether oxygens (including phenoxy) is 4. The van der Waals surface area contributed by atoms with Crippen molar-refractivity contribution in [3.63, 3.8) is 0 Å². The van der Waals surface area contributed by atoms with Gasteiger partial charge in [0, 0.05) is 5.56 Å². The van der Waals surface area contributed by atoms with Crippen LogP contribution < -0.4 is 29.1 Å². The molecule has 39 heavy (non-hydrogen) atoms. The van der Waals surface area contributed by atoms with Gasteiger partial charge in [0.15, 0.2) is 16.3 Å². The molecule has 0 spiro atoms. The number of terminal acetylenes is 1. The summed E-state index contributed by atoms with van der Waals surface area (Å²) in [7, 11) is 3.10. The van der Waals surface area contributed by atoms with E-state index in [0.29, 0.717) is 49.8 Å². The summed E-state index contributed by atoms with van der Waals surface area (Å²) in [5.74, 6) is 3.49. The van der Waals surface area contributed by atoms with Gasteiger partial charge < -0.3 is 18.9 Å². The first-order valence-corrected chi connectivity index (χ1v) is 13.4. The van der Waals surface area contributed by atoms with Gasteiger partial charge >= 0.3 is 5.97 Å². The first-order chi connectivity index (χ1) is 19.0. The second-order valence-electron chi connectivity index (χ2n) is 8.56. The number of methoxy groups -OCH3 is 2. The Balaban J connectivity index is 1.95. The molecule has 0 saturated carbocycles. The summed E-state index contributed by atoms with van der Waals surface area (Å²) in [5, 5.41) is 0. The number of thiazole rings is 1. The molecule has 0 unspecified atom stereocenters. The third-order valence-corrected chi connectivity index (χ3v) is 7.11. The molecule has 0 fully saturated rings. The van der Waals surface area contributed by atoms with Crippen molar-refractivity contribution < 1.29 is 23.7 Å². The number of aromatic nitrogens is 1. The largest absolute Gasteiger partial charge is 0.496 e. The Morgan fingerprint density at radius 2 is 1.90 bits per heavy atom. The molecule has 202 valence electrons. The lowest BCUT2D eigenvalue weighted by atomic mass is 9.93. The van der Waals surface area contributed by atoms with Crippen LogP contribution in [0.4, 0.5) is 0 Å². The Morgan fingerprint density at radius 3 is 2.59 bits per heavy atom. The summed E-state index contributed by atoms with van der Waals surface area (Å²) in [4.78, 5) is 32.6. The van der Waals surface area contributed by atoms with E-state index in [1.165, 1.54) is 18.4 Å². The molecule has 1 aromatic heterocycles. The zero-order valence-corrected chi connectivity index (χ0v) is 23.2. The Labute approximate surface area is 230 Å². The van der Waals surface area contributed by atoms with Gasteiger partial charge in [-0.1, -0.05) is 54.9 Å². The van der Waals surface area contributed by atoms with Gasteiger partial charge in [0.1, 0.15) is 18.4 Å². The normalized spacial score (nSPS) is 14.7. The zero-order valence-electron chi connectivity index (χ0n) is 22.4. The third kappa shape index (κ3) is 5.61. The summed E-state index contributed by atoms with van der Waals surface area (Å²) >= 11 is 1.26. The summed E-state index contributed by atoms with van der Waals surface area (Å²) in [6.45, 7) is 4.08. The monoisotopic (exact) mass is 546 g/mol. The fraction of sp³-hybridized carbons (Fsp3) is 0.300. The Morgan fingerprint density at radius 1 is 1.13 bits per heavy atom. The van der Waals surface area contributed by atoms with E-state index in [-0.39, 0.29) is 18.8 Å². The number of nitrogens with zero attached hydrogens (tertiary/aromatic N) is 2. The molecule has 0 bridgehead atoms. The number of allylic oxidation sites excluding steroid dienone is 1. The molecule has 0 amide bonds. The summed E-state index contributed by atoms with van der Waals surface area (Å²) in [5.41, 5.74) is 2.09. The Bertz CT molecular complexity index is 1630. The second-order valence-corrected chi connectivity index (χ2v) is 9.57. The average Bonchev–Trinajstić information content (AvgIpc) is 3.25. The number of carbonyl (C=O) groups excluding carboxylic acids is 1. The quantitative estimate of drug-likeness (QED) is 0.285. The van der Waals surface area contributed by atoms with Crippen molar-refractivity contribution in [3.05, 3.63) is 84.5 Å². The van der Waals surface area contributed by atoms with Gasteiger partial charge in [0.2, 0.25) is 0 Å². The molecular formula is C30H30N2O6S. The molecule has 3 aromatic rings. The van der Waals surface area contributed by atoms with Crippen LogP contribution in [-0.2, 0) is 9.53 Å². The highest BCUT2D eigenvalue weighted by molar-refractivity contribution is 7.07. The van der Waals surface area contributed by atoms with Crippen LogP contribution in [0.1, 0.15) is 43.9 Å². The van der Waals surface area contributed by atoms with Gasteiger partial charge in [-0.2, -0.15) is 0 Å². The van der Waals surface area contributed by atoms with Crippen molar-refractivity contribution in [1.82, 2.24) is 4.57 Å². The topological polar surface area (TPSA) is 88.4 Å². The van der Waals surface area contributed by atoms with E-state index in [1.54, 1.807) is 36.8 Å². The zero-order chi connectivity index (χ0) is 27.9. The number of fused-ring (bicyclic) bond motifs is 1. The van der Waals surface area contributed by atoms with E-state index in [2.05, 4.69) is 5.92 Å². The molecule has 2 heterocycles. The van der Waals surface area contributed by atoms with E-state index in [9.17, 15) is 9.59 Å². The first kappa shape index (κ1) is 27.7. The SMILES string of the molecule is C#CCOc1ccc(/C=c2\sc3n(c2=O)[C@H](c2ccccc2OC)C(C(=O)OCC)=C(CCC)N=3)cc1OC. The van der Waals surface area contributed by atoms with Crippen molar-refractivity contribution in [2.75, 3.05) is 27.4 Å². The molecule has 0 aliphatic carbocycles. The van der Waals surface area contributed by atoms with Crippen LogP contribution in [0.5, 0.6) is 17.2 Å². The van der Waals surface area contributed by atoms with Crippen LogP contribution in [0, 0.1) is 12.3 Å². The minimum absolute atomic E-state index is 0.111. The highest BCUT2D eigenvalue weighted by atomic mass is 32.1. The van der Waals surface area contributed by atoms with Crippen molar-refractivity contribution in [2.24, 2.45) is 4.99 Å². The predicted octanol–water partition coefficient (Wildman–Crippen LogP) is 3.61. The van der Waals surface area contributed by atoms with Crippen LogP contribution in [0.3, 0.4) is 0 Å². The number of rotatable bonds is 10. The third-order valence-electron chi connectivity index (χ3n) is 6.12. The first-order valence-electron chi connectivity index (χ1n) is 12.6. The maximum atomic E-state index is 13.9. The highest BCUT2D eigenvalue weighted by Gasteiger charge is 2.35. The van der Waals surface area contributed by atoms with Gasteiger partial charge in [0.05, 0.1) is 36.6 Å². The maximum absolute atomic E-state index is 13.9. The number of para-hydroxylation sites is 1. The standard InChI is InChI=1S/C30H30N2O6S/c1-6-11-21-26(29(34)37-8-3)27(20-12-9-10-13-22(20)35-4)32-28(33)25(39-30(32)31-21)18-19-14-15-23(38-16-7-2)24(17-19)36-5/h2,9-10,12-15,17-18,27H,6,8,11,16H2,1,3-5H3/b25-18-/t27-/m1/s1.